The first kappa shape index (κ1) is 24.4. The fourth-order valence-electron chi connectivity index (χ4n) is 6.05. The quantitative estimate of drug-likeness (QED) is 0.636. The van der Waals surface area contributed by atoms with Crippen LogP contribution in [0.5, 0.6) is 0 Å². The molecule has 3 aliphatic rings. The van der Waals surface area contributed by atoms with Gasteiger partial charge in [-0.3, -0.25) is 9.52 Å². The molecule has 1 N–H and O–H groups in total. The third-order valence-corrected chi connectivity index (χ3v) is 9.00. The van der Waals surface area contributed by atoms with E-state index >= 15 is 0 Å². The summed E-state index contributed by atoms with van der Waals surface area (Å²) in [5, 5.41) is 0. The van der Waals surface area contributed by atoms with E-state index in [-0.39, 0.29) is 11.6 Å². The van der Waals surface area contributed by atoms with Gasteiger partial charge in [0.2, 0.25) is 0 Å². The van der Waals surface area contributed by atoms with Crippen LogP contribution < -0.4 is 10.3 Å². The summed E-state index contributed by atoms with van der Waals surface area (Å²) in [5.74, 6) is 1.28. The van der Waals surface area contributed by atoms with Gasteiger partial charge in [-0.15, -0.1) is 0 Å². The van der Waals surface area contributed by atoms with Crippen molar-refractivity contribution >= 4 is 15.7 Å². The molecule has 10 heteroatoms. The van der Waals surface area contributed by atoms with Crippen LogP contribution in [-0.2, 0) is 22.7 Å². The summed E-state index contributed by atoms with van der Waals surface area (Å²) in [6, 6.07) is 6.74. The molecule has 0 amide bonds. The molecule has 0 unspecified atom stereocenters. The van der Waals surface area contributed by atoms with E-state index in [9.17, 15) is 26.4 Å². The van der Waals surface area contributed by atoms with Crippen molar-refractivity contribution in [1.82, 2.24) is 9.47 Å². The Morgan fingerprint density at radius 3 is 2.51 bits per heavy atom. The van der Waals surface area contributed by atoms with E-state index in [0.29, 0.717) is 18.5 Å². The topological polar surface area (TPSA) is 71.4 Å². The highest BCUT2D eigenvalue weighted by Gasteiger charge is 2.36. The highest BCUT2D eigenvalue weighted by Crippen LogP contribution is 2.37. The molecular weight excluding hydrogens is 479 g/mol. The van der Waals surface area contributed by atoms with Crippen molar-refractivity contribution in [2.75, 3.05) is 24.4 Å². The predicted molar refractivity (Wildman–Crippen MR) is 127 cm³/mol. The first-order valence-corrected chi connectivity index (χ1v) is 13.7. The van der Waals surface area contributed by atoms with Crippen molar-refractivity contribution in [2.24, 2.45) is 11.8 Å². The lowest BCUT2D eigenvalue weighted by Crippen LogP contribution is -2.48. The van der Waals surface area contributed by atoms with Crippen LogP contribution in [0, 0.1) is 11.8 Å². The minimum absolute atomic E-state index is 0.148. The van der Waals surface area contributed by atoms with Gasteiger partial charge in [0.1, 0.15) is 5.69 Å². The summed E-state index contributed by atoms with van der Waals surface area (Å²) in [6.07, 6.45) is 2.87. The van der Waals surface area contributed by atoms with Gasteiger partial charge in [-0.05, 0) is 61.4 Å². The summed E-state index contributed by atoms with van der Waals surface area (Å²) in [6.45, 7) is 3.44. The third kappa shape index (κ3) is 5.14. The lowest BCUT2D eigenvalue weighted by molar-refractivity contribution is -0.137. The maximum absolute atomic E-state index is 13.2. The van der Waals surface area contributed by atoms with Gasteiger partial charge in [-0.1, -0.05) is 25.3 Å². The molecule has 5 rings (SSSR count). The molecule has 1 aromatic heterocycles. The standard InChI is InChI=1S/C25H30F3N3O3S/c26-25(27,28)20-7-4-8-21(12-20)35(33,34)29-22-9-10-23-19-11-18(15-31(23)24(22)32)14-30(16-19)13-17-5-2-1-3-6-17/h4,7-10,12,17-19,29H,1-3,5-6,11,13-16H2/t18-,19+/m0/s1. The highest BCUT2D eigenvalue weighted by molar-refractivity contribution is 7.92. The van der Waals surface area contributed by atoms with Crippen molar-refractivity contribution in [2.45, 2.75) is 62.1 Å². The summed E-state index contributed by atoms with van der Waals surface area (Å²) in [5.41, 5.74) is -0.756. The average Bonchev–Trinajstić information content (AvgIpc) is 2.81. The van der Waals surface area contributed by atoms with E-state index in [0.717, 1.165) is 55.9 Å². The minimum atomic E-state index is -4.67. The number of likely N-dealkylation sites (tertiary alicyclic amines) is 1. The smallest absolute Gasteiger partial charge is 0.310 e. The molecule has 1 aliphatic carbocycles. The van der Waals surface area contributed by atoms with Crippen LogP contribution in [0.3, 0.4) is 0 Å². The van der Waals surface area contributed by atoms with Gasteiger partial charge in [0.25, 0.3) is 15.6 Å². The Morgan fingerprint density at radius 1 is 1.00 bits per heavy atom. The molecule has 0 spiro atoms. The maximum atomic E-state index is 13.2. The Hall–Kier alpha value is -2.33. The van der Waals surface area contributed by atoms with Crippen LogP contribution >= 0.6 is 0 Å². The van der Waals surface area contributed by atoms with E-state index < -0.39 is 32.2 Å². The number of alkyl halides is 3. The predicted octanol–water partition coefficient (Wildman–Crippen LogP) is 4.67. The molecule has 1 saturated carbocycles. The van der Waals surface area contributed by atoms with Gasteiger partial charge in [0.05, 0.1) is 10.5 Å². The highest BCUT2D eigenvalue weighted by atomic mass is 32.2. The van der Waals surface area contributed by atoms with Gasteiger partial charge < -0.3 is 9.47 Å². The Morgan fingerprint density at radius 2 is 1.77 bits per heavy atom. The second kappa shape index (κ2) is 9.28. The van der Waals surface area contributed by atoms with Gasteiger partial charge >= 0.3 is 6.18 Å². The number of benzene rings is 1. The van der Waals surface area contributed by atoms with Crippen LogP contribution in [-0.4, -0.2) is 37.5 Å². The number of rotatable bonds is 5. The summed E-state index contributed by atoms with van der Waals surface area (Å²) >= 11 is 0. The van der Waals surface area contributed by atoms with Crippen molar-refractivity contribution in [3.63, 3.8) is 0 Å². The molecule has 2 aromatic rings. The monoisotopic (exact) mass is 509 g/mol. The second-order valence-electron chi connectivity index (χ2n) is 10.2. The molecular formula is C25H30F3N3O3S. The van der Waals surface area contributed by atoms with Crippen LogP contribution in [0.1, 0.15) is 55.7 Å². The van der Waals surface area contributed by atoms with Gasteiger partial charge in [0, 0.05) is 37.8 Å². The van der Waals surface area contributed by atoms with E-state index in [1.165, 1.54) is 38.2 Å². The SMILES string of the molecule is O=c1c(NS(=O)(=O)c2cccc(C(F)(F)F)c2)ccc2n1C[C@H]1C[C@@H]2CN(CC2CCCCC2)C1. The second-order valence-corrected chi connectivity index (χ2v) is 11.9. The lowest BCUT2D eigenvalue weighted by Gasteiger charge is -2.44. The number of sulfonamides is 1. The Kier molecular flexibility index (Phi) is 6.46. The van der Waals surface area contributed by atoms with E-state index in [1.54, 1.807) is 10.6 Å². The van der Waals surface area contributed by atoms with Crippen molar-refractivity contribution in [1.29, 1.82) is 0 Å². The normalized spacial score (nSPS) is 23.6. The number of aromatic nitrogens is 1. The summed E-state index contributed by atoms with van der Waals surface area (Å²) in [7, 11) is -4.36. The number of nitrogens with zero attached hydrogens (tertiary/aromatic N) is 2. The molecule has 190 valence electrons. The van der Waals surface area contributed by atoms with Crippen molar-refractivity contribution in [3.05, 3.63) is 58.0 Å². The third-order valence-electron chi connectivity index (χ3n) is 7.64. The van der Waals surface area contributed by atoms with E-state index in [1.807, 2.05) is 0 Å². The largest absolute Gasteiger partial charge is 0.416 e. The molecule has 2 bridgehead atoms. The molecule has 2 atom stereocenters. The number of hydrogen-bond donors (Lipinski definition) is 1. The zero-order valence-electron chi connectivity index (χ0n) is 19.4. The Labute approximate surface area is 203 Å². The number of pyridine rings is 1. The van der Waals surface area contributed by atoms with Gasteiger partial charge in [-0.2, -0.15) is 13.2 Å². The molecule has 3 heterocycles. The summed E-state index contributed by atoms with van der Waals surface area (Å²) in [4.78, 5) is 15.2. The van der Waals surface area contributed by atoms with Crippen LogP contribution in [0.2, 0.25) is 0 Å². The zero-order chi connectivity index (χ0) is 24.8. The number of halogens is 3. The van der Waals surface area contributed by atoms with Crippen LogP contribution in [0.15, 0.2) is 46.1 Å². The molecule has 35 heavy (non-hydrogen) atoms. The number of hydrogen-bond acceptors (Lipinski definition) is 4. The zero-order valence-corrected chi connectivity index (χ0v) is 20.2. The Balaban J connectivity index is 1.35. The van der Waals surface area contributed by atoms with Gasteiger partial charge in [0.15, 0.2) is 0 Å². The Bertz CT molecular complexity index is 1250. The van der Waals surface area contributed by atoms with Gasteiger partial charge in [-0.25, -0.2) is 8.42 Å². The summed E-state index contributed by atoms with van der Waals surface area (Å²) < 4.78 is 68.6. The van der Waals surface area contributed by atoms with E-state index in [4.69, 9.17) is 0 Å². The first-order chi connectivity index (χ1) is 16.6. The fraction of sp³-hybridized carbons (Fsp3) is 0.560. The maximum Gasteiger partial charge on any atom is 0.416 e. The molecule has 1 aromatic carbocycles. The molecule has 1 saturated heterocycles. The van der Waals surface area contributed by atoms with Crippen LogP contribution in [0.25, 0.3) is 0 Å². The van der Waals surface area contributed by atoms with Crippen molar-refractivity contribution in [3.8, 4) is 0 Å². The molecule has 6 nitrogen and oxygen atoms in total. The number of piperidine rings is 1. The fourth-order valence-corrected chi connectivity index (χ4v) is 7.15. The first-order valence-electron chi connectivity index (χ1n) is 12.3. The van der Waals surface area contributed by atoms with E-state index in [2.05, 4.69) is 9.62 Å². The number of nitrogens with one attached hydrogen (secondary N) is 1. The average molecular weight is 510 g/mol. The molecule has 2 fully saturated rings. The van der Waals surface area contributed by atoms with Crippen molar-refractivity contribution < 1.29 is 21.6 Å². The lowest BCUT2D eigenvalue weighted by atomic mass is 9.81. The number of fused-ring (bicyclic) bond motifs is 4. The number of anilines is 1. The van der Waals surface area contributed by atoms with Crippen LogP contribution in [0.4, 0.5) is 18.9 Å². The molecule has 0 radical (unpaired) electrons. The molecule has 2 aliphatic heterocycles. The minimum Gasteiger partial charge on any atom is -0.310 e.